The summed E-state index contributed by atoms with van der Waals surface area (Å²) in [5.74, 6) is -0.992. The third-order valence-corrected chi connectivity index (χ3v) is 28.3. The maximum Gasteiger partial charge on any atom is 0.322 e. The van der Waals surface area contributed by atoms with Gasteiger partial charge in [0.2, 0.25) is 0 Å². The van der Waals surface area contributed by atoms with Gasteiger partial charge >= 0.3 is 30.2 Å². The monoisotopic (exact) mass is 1980 g/mol. The molecule has 10 N–H and O–H groups in total. The molecule has 0 radical (unpaired) electrons. The van der Waals surface area contributed by atoms with Gasteiger partial charge in [0.25, 0.3) is 0 Å². The zero-order chi connectivity index (χ0) is 88.7. The summed E-state index contributed by atoms with van der Waals surface area (Å²) in [4.78, 5) is 77.2. The van der Waals surface area contributed by atoms with Gasteiger partial charge in [-0.25, -0.2) is 32.8 Å². The first-order valence-corrected chi connectivity index (χ1v) is 47.6. The Hall–Kier alpha value is -11.3. The van der Waals surface area contributed by atoms with Gasteiger partial charge in [0.15, 0.2) is 5.82 Å². The van der Waals surface area contributed by atoms with Gasteiger partial charge in [-0.05, 0) is 193 Å². The van der Waals surface area contributed by atoms with E-state index in [-0.39, 0.29) is 76.9 Å². The van der Waals surface area contributed by atoms with Gasteiger partial charge in [0.1, 0.15) is 28.6 Å². The van der Waals surface area contributed by atoms with E-state index < -0.39 is 5.82 Å². The molecule has 5 aliphatic heterocycles. The zero-order valence-corrected chi connectivity index (χ0v) is 78.2. The maximum absolute atomic E-state index is 14.1. The Morgan fingerprint density at radius 2 is 0.709 bits per heavy atom. The molecule has 0 spiro atoms. The second kappa shape index (κ2) is 39.9. The van der Waals surface area contributed by atoms with Crippen molar-refractivity contribution in [3.63, 3.8) is 0 Å². The number of nitrogens with one attached hydrogen (secondary N) is 10. The van der Waals surface area contributed by atoms with E-state index in [9.17, 15) is 32.8 Å². The van der Waals surface area contributed by atoms with Crippen LogP contribution in [0.1, 0.15) is 90.9 Å². The largest absolute Gasteiger partial charge is 0.322 e. The third kappa shape index (κ3) is 20.6. The van der Waals surface area contributed by atoms with E-state index >= 15 is 0 Å². The molecule has 5 unspecified atom stereocenters. The molecule has 37 heteroatoms. The molecule has 10 amide bonds. The highest BCUT2D eigenvalue weighted by Crippen LogP contribution is 2.40. The topological polar surface area (TPSA) is 305 Å². The number of urea groups is 5. The smallest absolute Gasteiger partial charge is 0.317 e. The molecular weight excluding hydrogens is 1910 g/mol. The lowest BCUT2D eigenvalue weighted by Crippen LogP contribution is -2.44. The van der Waals surface area contributed by atoms with Crippen LogP contribution in [-0.4, -0.2) is 136 Å². The summed E-state index contributed by atoms with van der Waals surface area (Å²) in [5.41, 5.74) is 19.3. The van der Waals surface area contributed by atoms with Crippen molar-refractivity contribution < 1.29 is 32.8 Å². The van der Waals surface area contributed by atoms with Gasteiger partial charge in [0, 0.05) is 167 Å². The Labute approximate surface area is 781 Å². The van der Waals surface area contributed by atoms with Crippen LogP contribution < -0.4 is 26.6 Å². The number of amides is 10. The van der Waals surface area contributed by atoms with Crippen molar-refractivity contribution in [3.05, 3.63) is 288 Å². The first-order valence-electron chi connectivity index (χ1n) is 40.4. The molecule has 127 heavy (non-hydrogen) atoms. The first-order chi connectivity index (χ1) is 61.4. The van der Waals surface area contributed by atoms with Crippen LogP contribution in [0.3, 0.4) is 0 Å². The van der Waals surface area contributed by atoms with E-state index in [1.807, 2.05) is 154 Å². The Bertz CT molecular complexity index is 6050. The number of anilines is 5. The average molecular weight is 1990 g/mol. The van der Waals surface area contributed by atoms with Crippen molar-refractivity contribution in [3.8, 4) is 53.5 Å². The van der Waals surface area contributed by atoms with E-state index in [0.29, 0.717) is 77.1 Å². The van der Waals surface area contributed by atoms with Crippen molar-refractivity contribution in [1.82, 2.24) is 75.5 Å². The van der Waals surface area contributed by atoms with Crippen LogP contribution in [0.25, 0.3) is 53.5 Å². The van der Waals surface area contributed by atoms with Crippen LogP contribution in [-0.2, 0) is 64.8 Å². The van der Waals surface area contributed by atoms with Crippen LogP contribution in [0.5, 0.6) is 0 Å². The number of aromatic amines is 5. The highest BCUT2D eigenvalue weighted by Gasteiger charge is 2.37. The molecule has 0 fully saturated rings. The molecular formula is C90H83Br2Cl3F2N20O5S5. The lowest BCUT2D eigenvalue weighted by atomic mass is 9.98. The number of hydrogen-bond acceptors (Lipinski definition) is 15. The van der Waals surface area contributed by atoms with Crippen LogP contribution >= 0.6 is 123 Å². The molecule has 0 bridgehead atoms. The molecule has 10 aromatic heterocycles. The van der Waals surface area contributed by atoms with Crippen LogP contribution in [0.15, 0.2) is 205 Å². The number of fused-ring (bicyclic) bond motifs is 5. The number of H-pyrrole nitrogens is 5. The highest BCUT2D eigenvalue weighted by atomic mass is 79.9. The molecule has 15 heterocycles. The van der Waals surface area contributed by atoms with E-state index in [4.69, 9.17) is 34.8 Å². The molecule has 0 saturated carbocycles. The summed E-state index contributed by atoms with van der Waals surface area (Å²) in [6, 6.07) is 48.5. The molecule has 0 aliphatic carbocycles. The van der Waals surface area contributed by atoms with E-state index in [1.54, 1.807) is 109 Å². The van der Waals surface area contributed by atoms with Gasteiger partial charge in [0.05, 0.1) is 73.1 Å². The number of rotatable bonds is 10. The van der Waals surface area contributed by atoms with Gasteiger partial charge in [-0.15, -0.1) is 45.3 Å². The number of nitrogens with zero attached hydrogens (tertiary/aromatic N) is 10. The molecule has 5 atom stereocenters. The molecule has 5 aliphatic rings. The van der Waals surface area contributed by atoms with Gasteiger partial charge in [-0.2, -0.15) is 36.8 Å². The molecule has 15 aromatic rings. The Morgan fingerprint density at radius 3 is 1.04 bits per heavy atom. The molecule has 25 nitrogen and oxygen atoms in total. The van der Waals surface area contributed by atoms with Gasteiger partial charge in [-0.1, -0.05) is 99.3 Å². The van der Waals surface area contributed by atoms with Crippen LogP contribution in [0.4, 0.5) is 61.2 Å². The highest BCUT2D eigenvalue weighted by molar-refractivity contribution is 9.10. The van der Waals surface area contributed by atoms with Crippen molar-refractivity contribution in [2.75, 3.05) is 26.6 Å². The standard InChI is InChI=1S/C18H16BrFN4OS.C18H17BrN4OS.C18H16ClFN4OS.2C18H17ClN4OS/c1-10-7-15-12(17(23-22-15)16-3-2-6-26-16)9-24(10)18(25)21-11-4-5-14(20)13(19)8-11;1-11-8-15-14(17(22-21-15)16-6-3-7-25-16)10-23(11)18(24)20-13-5-2-4-12(19)9-13;1-10-8-14-11(17(23-22-14)15-6-3-7-26-15)9-24(10)18(25)21-13-5-2-4-12(19)16(13)20;1-11-8-15-14(17(22-21-15)16-6-3-7-25-16)10-23(11)18(24)20-13-5-2-4-12(19)9-13;1-11-7-16-15(17(22-21-16)12-5-6-25-10-12)9-23(11)18(24)20-14-4-2-3-13(19)8-14/h2-6,8,10H,7,9H2,1H3,(H,21,25)(H,22,23);2-7,9,11H,8,10H2,1H3,(H,20,24)(H,21,22);2-7,10H,8-9H2,1H3,(H,21,25)(H,22,23);2-7,9,11H,8,10H2,1H3,(H,20,24)(H,21,22);2-6,8,10-11H,7,9H2,1H3,(H,20,24)(H,21,22). The fourth-order valence-corrected chi connectivity index (χ4v) is 20.6. The second-order valence-electron chi connectivity index (χ2n) is 30.9. The lowest BCUT2D eigenvalue weighted by Gasteiger charge is -2.33. The molecule has 0 saturated heterocycles. The minimum absolute atomic E-state index is 0.0217. The Balaban J connectivity index is 0.000000117. The minimum Gasteiger partial charge on any atom is -0.317 e. The van der Waals surface area contributed by atoms with Crippen LogP contribution in [0.2, 0.25) is 15.1 Å². The summed E-state index contributed by atoms with van der Waals surface area (Å²) < 4.78 is 28.7. The number of thiophene rings is 5. The van der Waals surface area contributed by atoms with Crippen molar-refractivity contribution in [2.24, 2.45) is 0 Å². The average Bonchev–Trinajstić information content (AvgIpc) is 1.69. The third-order valence-electron chi connectivity index (χ3n) is 22.3. The zero-order valence-electron chi connectivity index (χ0n) is 68.7. The van der Waals surface area contributed by atoms with Gasteiger partial charge in [-0.3, -0.25) is 25.5 Å². The number of carbonyl (C=O) groups excluding carboxylic acids is 5. The summed E-state index contributed by atoms with van der Waals surface area (Å²) >= 11 is 32.5. The fourth-order valence-electron chi connectivity index (χ4n) is 15.7. The van der Waals surface area contributed by atoms with Crippen molar-refractivity contribution >= 4 is 182 Å². The normalized spacial score (nSPS) is 16.5. The number of aromatic nitrogens is 10. The number of halogens is 7. The van der Waals surface area contributed by atoms with Crippen molar-refractivity contribution in [1.29, 1.82) is 0 Å². The quantitative estimate of drug-likeness (QED) is 0.0617. The first kappa shape index (κ1) is 89.1. The summed E-state index contributed by atoms with van der Waals surface area (Å²) in [6.45, 7) is 12.6. The van der Waals surface area contributed by atoms with E-state index in [0.717, 1.165) is 139 Å². The van der Waals surface area contributed by atoms with Crippen LogP contribution in [0, 0.1) is 11.6 Å². The van der Waals surface area contributed by atoms with E-state index in [1.165, 1.54) is 18.2 Å². The van der Waals surface area contributed by atoms with Gasteiger partial charge < -0.3 is 51.1 Å². The van der Waals surface area contributed by atoms with E-state index in [2.05, 4.69) is 140 Å². The predicted molar refractivity (Wildman–Crippen MR) is 511 cm³/mol. The molecule has 652 valence electrons. The maximum atomic E-state index is 14.1. The lowest BCUT2D eigenvalue weighted by molar-refractivity contribution is 0.181. The fraction of sp³-hybridized carbons (Fsp3) is 0.222. The SMILES string of the molecule is CC1Cc2[nH]nc(-c3cccs3)c2CN1C(=O)Nc1ccc(F)c(Br)c1.CC1Cc2[nH]nc(-c3cccs3)c2CN1C(=O)Nc1cccc(Br)c1.CC1Cc2[nH]nc(-c3cccs3)c2CN1C(=O)Nc1cccc(Cl)c1.CC1Cc2[nH]nc(-c3cccs3)c2CN1C(=O)Nc1cccc(Cl)c1F.CC1Cc2[nH]nc(-c3ccsc3)c2CN1C(=O)Nc1cccc(Cl)c1. The minimum atomic E-state index is -0.629. The predicted octanol–water partition coefficient (Wildman–Crippen LogP) is 24.3. The summed E-state index contributed by atoms with van der Waals surface area (Å²) in [5, 5.41) is 65.7. The Kier molecular flexibility index (Phi) is 28.0. The van der Waals surface area contributed by atoms with Crippen molar-refractivity contribution in [2.45, 2.75) is 130 Å². The number of hydrogen-bond donors (Lipinski definition) is 10. The summed E-state index contributed by atoms with van der Waals surface area (Å²) in [7, 11) is 0. The summed E-state index contributed by atoms with van der Waals surface area (Å²) in [6.07, 6.45) is 3.68. The molecule has 20 rings (SSSR count). The number of carbonyl (C=O) groups is 5. The molecule has 5 aromatic carbocycles. The Morgan fingerprint density at radius 1 is 0.378 bits per heavy atom. The second-order valence-corrected chi connectivity index (χ2v) is 38.5. The number of benzene rings is 5.